The van der Waals surface area contributed by atoms with Crippen molar-refractivity contribution in [3.8, 4) is 0 Å². The van der Waals surface area contributed by atoms with Gasteiger partial charge in [0.2, 0.25) is 0 Å². The van der Waals surface area contributed by atoms with Crippen molar-refractivity contribution in [2.75, 3.05) is 0 Å². The lowest BCUT2D eigenvalue weighted by molar-refractivity contribution is -0.0746. The smallest absolute Gasteiger partial charge is 0.0653 e. The van der Waals surface area contributed by atoms with E-state index in [0.29, 0.717) is 23.2 Å². The minimum atomic E-state index is -0.529. The van der Waals surface area contributed by atoms with Crippen LogP contribution < -0.4 is 0 Å². The Morgan fingerprint density at radius 1 is 1.12 bits per heavy atom. The number of hydrogen-bond donors (Lipinski definition) is 2. The van der Waals surface area contributed by atoms with Gasteiger partial charge in [-0.05, 0) is 61.2 Å². The Morgan fingerprint density at radius 2 is 1.76 bits per heavy atom. The number of fused-ring (bicyclic) bond motifs is 1. The van der Waals surface area contributed by atoms with Gasteiger partial charge in [0.15, 0.2) is 0 Å². The molecule has 1 spiro atoms. The third kappa shape index (κ3) is 1.24. The lowest BCUT2D eigenvalue weighted by atomic mass is 9.64. The highest BCUT2D eigenvalue weighted by atomic mass is 16.3. The molecule has 17 heavy (non-hydrogen) atoms. The second-order valence-corrected chi connectivity index (χ2v) is 7.85. The quantitative estimate of drug-likeness (QED) is 0.681. The van der Waals surface area contributed by atoms with E-state index in [1.165, 1.54) is 0 Å². The van der Waals surface area contributed by atoms with Crippen LogP contribution in [0.15, 0.2) is 0 Å². The Labute approximate surface area is 104 Å². The molecule has 3 aliphatic rings. The van der Waals surface area contributed by atoms with Crippen molar-refractivity contribution in [3.63, 3.8) is 0 Å². The van der Waals surface area contributed by atoms with E-state index in [4.69, 9.17) is 0 Å². The van der Waals surface area contributed by atoms with Gasteiger partial charge in [-0.2, -0.15) is 0 Å². The standard InChI is InChI=1S/C15H26O2/c1-9-7-10(16)12-13(2,3)11-8-15(9,12)6-5-14(11,4)17/h9-12,16-17H,5-8H2,1-4H3/t9-,10-,11-,12?,14-,15+/m1/s1. The van der Waals surface area contributed by atoms with Gasteiger partial charge in [-0.3, -0.25) is 0 Å². The molecule has 6 atom stereocenters. The van der Waals surface area contributed by atoms with Crippen LogP contribution in [0.1, 0.15) is 53.4 Å². The van der Waals surface area contributed by atoms with Crippen molar-refractivity contribution in [1.29, 1.82) is 0 Å². The molecular weight excluding hydrogens is 212 g/mol. The minimum Gasteiger partial charge on any atom is -0.393 e. The van der Waals surface area contributed by atoms with E-state index in [1.807, 2.05) is 6.92 Å². The maximum Gasteiger partial charge on any atom is 0.0653 e. The molecule has 0 aromatic heterocycles. The fraction of sp³-hybridized carbons (Fsp3) is 1.00. The second kappa shape index (κ2) is 3.08. The van der Waals surface area contributed by atoms with Gasteiger partial charge in [-0.1, -0.05) is 20.8 Å². The first-order valence-corrected chi connectivity index (χ1v) is 7.12. The monoisotopic (exact) mass is 238 g/mol. The van der Waals surface area contributed by atoms with Crippen molar-refractivity contribution in [2.24, 2.45) is 28.6 Å². The molecule has 0 aliphatic heterocycles. The topological polar surface area (TPSA) is 40.5 Å². The Balaban J connectivity index is 2.09. The van der Waals surface area contributed by atoms with Crippen LogP contribution in [0, 0.1) is 28.6 Å². The predicted molar refractivity (Wildman–Crippen MR) is 67.5 cm³/mol. The zero-order valence-corrected chi connectivity index (χ0v) is 11.5. The number of hydrogen-bond acceptors (Lipinski definition) is 2. The Morgan fingerprint density at radius 3 is 2.41 bits per heavy atom. The molecule has 0 radical (unpaired) electrons. The highest BCUT2D eigenvalue weighted by molar-refractivity contribution is 5.19. The first-order valence-electron chi connectivity index (χ1n) is 7.12. The molecule has 98 valence electrons. The molecule has 0 saturated heterocycles. The highest BCUT2D eigenvalue weighted by Gasteiger charge is 2.70. The van der Waals surface area contributed by atoms with Crippen LogP contribution in [-0.4, -0.2) is 21.9 Å². The molecule has 2 bridgehead atoms. The molecule has 0 aromatic rings. The summed E-state index contributed by atoms with van der Waals surface area (Å²) in [6.45, 7) is 8.85. The van der Waals surface area contributed by atoms with E-state index in [-0.39, 0.29) is 11.5 Å². The summed E-state index contributed by atoms with van der Waals surface area (Å²) < 4.78 is 0. The zero-order valence-electron chi connectivity index (χ0n) is 11.5. The van der Waals surface area contributed by atoms with Crippen molar-refractivity contribution in [3.05, 3.63) is 0 Å². The van der Waals surface area contributed by atoms with E-state index < -0.39 is 5.60 Å². The summed E-state index contributed by atoms with van der Waals surface area (Å²) in [6, 6.07) is 0. The van der Waals surface area contributed by atoms with E-state index in [0.717, 1.165) is 25.7 Å². The van der Waals surface area contributed by atoms with Gasteiger partial charge in [-0.25, -0.2) is 0 Å². The largest absolute Gasteiger partial charge is 0.393 e. The lowest BCUT2D eigenvalue weighted by Gasteiger charge is -2.44. The molecule has 1 unspecified atom stereocenters. The molecule has 3 fully saturated rings. The summed E-state index contributed by atoms with van der Waals surface area (Å²) in [4.78, 5) is 0. The third-order valence-corrected chi connectivity index (χ3v) is 6.71. The maximum atomic E-state index is 10.6. The summed E-state index contributed by atoms with van der Waals surface area (Å²) in [5.41, 5.74) is -0.140. The molecule has 3 aliphatic carbocycles. The SMILES string of the molecule is C[C@@H]1C[C@@H](O)C2C(C)(C)[C@H]3C[C@]21CC[C@@]3(C)O. The van der Waals surface area contributed by atoms with Crippen molar-refractivity contribution >= 4 is 0 Å². The van der Waals surface area contributed by atoms with E-state index >= 15 is 0 Å². The van der Waals surface area contributed by atoms with E-state index in [1.54, 1.807) is 0 Å². The average molecular weight is 238 g/mol. The highest BCUT2D eigenvalue weighted by Crippen LogP contribution is 2.73. The Kier molecular flexibility index (Phi) is 2.17. The van der Waals surface area contributed by atoms with Gasteiger partial charge in [0.25, 0.3) is 0 Å². The maximum absolute atomic E-state index is 10.6. The molecule has 2 heteroatoms. The van der Waals surface area contributed by atoms with Crippen molar-refractivity contribution in [2.45, 2.75) is 65.1 Å². The number of aliphatic hydroxyl groups excluding tert-OH is 1. The minimum absolute atomic E-state index is 0.0736. The van der Waals surface area contributed by atoms with Gasteiger partial charge in [-0.15, -0.1) is 0 Å². The predicted octanol–water partition coefficient (Wildman–Crippen LogP) is 2.58. The van der Waals surface area contributed by atoms with Crippen LogP contribution in [0.3, 0.4) is 0 Å². The van der Waals surface area contributed by atoms with Crippen LogP contribution in [0.25, 0.3) is 0 Å². The van der Waals surface area contributed by atoms with Crippen molar-refractivity contribution in [1.82, 2.24) is 0 Å². The summed E-state index contributed by atoms with van der Waals surface area (Å²) in [6.07, 6.45) is 3.94. The van der Waals surface area contributed by atoms with Gasteiger partial charge in [0.05, 0.1) is 11.7 Å². The molecule has 2 nitrogen and oxygen atoms in total. The Hall–Kier alpha value is -0.0800. The average Bonchev–Trinajstić information content (AvgIpc) is 2.55. The molecule has 3 rings (SSSR count). The Bertz CT molecular complexity index is 347. The first kappa shape index (κ1) is 12.0. The third-order valence-electron chi connectivity index (χ3n) is 6.71. The van der Waals surface area contributed by atoms with Crippen molar-refractivity contribution < 1.29 is 10.2 Å². The van der Waals surface area contributed by atoms with Crippen LogP contribution in [0.2, 0.25) is 0 Å². The van der Waals surface area contributed by atoms with Crippen LogP contribution in [-0.2, 0) is 0 Å². The van der Waals surface area contributed by atoms with Crippen LogP contribution in [0.4, 0.5) is 0 Å². The van der Waals surface area contributed by atoms with E-state index in [9.17, 15) is 10.2 Å². The molecule has 0 heterocycles. The lowest BCUT2D eigenvalue weighted by Crippen LogP contribution is -2.44. The van der Waals surface area contributed by atoms with Gasteiger partial charge >= 0.3 is 0 Å². The molecule has 0 aromatic carbocycles. The van der Waals surface area contributed by atoms with Gasteiger partial charge < -0.3 is 10.2 Å². The molecule has 3 saturated carbocycles. The zero-order chi connectivity index (χ0) is 12.6. The normalized spacial score (nSPS) is 60.4. The van der Waals surface area contributed by atoms with Gasteiger partial charge in [0.1, 0.15) is 0 Å². The molecular formula is C15H26O2. The first-order chi connectivity index (χ1) is 7.72. The summed E-state index contributed by atoms with van der Waals surface area (Å²) >= 11 is 0. The number of rotatable bonds is 0. The summed E-state index contributed by atoms with van der Waals surface area (Å²) in [5, 5.41) is 21.1. The molecule has 0 amide bonds. The molecule has 2 N–H and O–H groups in total. The van der Waals surface area contributed by atoms with E-state index in [2.05, 4.69) is 20.8 Å². The van der Waals surface area contributed by atoms with Crippen LogP contribution in [0.5, 0.6) is 0 Å². The summed E-state index contributed by atoms with van der Waals surface area (Å²) in [5.74, 6) is 1.36. The second-order valence-electron chi connectivity index (χ2n) is 7.85. The fourth-order valence-electron chi connectivity index (χ4n) is 6.03. The van der Waals surface area contributed by atoms with Crippen LogP contribution >= 0.6 is 0 Å². The fourth-order valence-corrected chi connectivity index (χ4v) is 6.03. The van der Waals surface area contributed by atoms with Gasteiger partial charge in [0, 0.05) is 0 Å². The number of aliphatic hydroxyl groups is 2. The summed E-state index contributed by atoms with van der Waals surface area (Å²) in [7, 11) is 0.